The van der Waals surface area contributed by atoms with E-state index in [0.717, 1.165) is 51.4 Å². The van der Waals surface area contributed by atoms with E-state index in [2.05, 4.69) is 55.6 Å². The molecule has 2 unspecified atom stereocenters. The van der Waals surface area contributed by atoms with Crippen LogP contribution in [0, 0.1) is 0 Å². The fourth-order valence-corrected chi connectivity index (χ4v) is 6.03. The minimum absolute atomic E-state index is 0.0894. The molecule has 0 saturated carbocycles. The smallest absolute Gasteiger partial charge is 0.220 e. The van der Waals surface area contributed by atoms with Gasteiger partial charge in [0.05, 0.1) is 18.8 Å². The number of amides is 1. The number of unbranched alkanes of at least 4 members (excludes halogenated alkanes) is 24. The van der Waals surface area contributed by atoms with E-state index in [1.807, 2.05) is 6.08 Å². The summed E-state index contributed by atoms with van der Waals surface area (Å²) in [5, 5.41) is 22.9. The molecule has 0 heterocycles. The number of aliphatic hydroxyl groups excluding tert-OH is 2. The molecule has 0 aliphatic rings. The molecule has 0 radical (unpaired) electrons. The van der Waals surface area contributed by atoms with Crippen LogP contribution < -0.4 is 5.32 Å². The first kappa shape index (κ1) is 46.4. The SMILES string of the molecule is CCCC/C=C\C/C=C\CCCCCCCC(=O)NC(CO)C(O)/C=C/CC/C=C/CCCCCCCCCCCCCCCCCC. The fourth-order valence-electron chi connectivity index (χ4n) is 6.03. The van der Waals surface area contributed by atoms with Gasteiger partial charge in [-0.15, -0.1) is 0 Å². The van der Waals surface area contributed by atoms with Crippen LogP contribution in [0.25, 0.3) is 0 Å². The van der Waals surface area contributed by atoms with Crippen molar-refractivity contribution in [1.29, 1.82) is 0 Å². The number of allylic oxidation sites excluding steroid dienone is 7. The van der Waals surface area contributed by atoms with Gasteiger partial charge in [-0.25, -0.2) is 0 Å². The molecule has 4 nitrogen and oxygen atoms in total. The Kier molecular flexibility index (Phi) is 38.4. The van der Waals surface area contributed by atoms with Crippen molar-refractivity contribution in [2.75, 3.05) is 6.61 Å². The van der Waals surface area contributed by atoms with Gasteiger partial charge in [-0.1, -0.05) is 191 Å². The second kappa shape index (κ2) is 39.8. The third-order valence-electron chi connectivity index (χ3n) is 9.28. The highest BCUT2D eigenvalue weighted by Gasteiger charge is 2.17. The van der Waals surface area contributed by atoms with Crippen LogP contribution in [0.15, 0.2) is 48.6 Å². The molecule has 0 aromatic rings. The summed E-state index contributed by atoms with van der Waals surface area (Å²) in [6.45, 7) is 4.25. The first-order chi connectivity index (χ1) is 23.7. The fraction of sp³-hybridized carbons (Fsp3) is 0.795. The lowest BCUT2D eigenvalue weighted by Crippen LogP contribution is -2.45. The van der Waals surface area contributed by atoms with E-state index in [9.17, 15) is 15.0 Å². The quantitative estimate of drug-likeness (QED) is 0.0455. The highest BCUT2D eigenvalue weighted by molar-refractivity contribution is 5.76. The van der Waals surface area contributed by atoms with E-state index in [1.54, 1.807) is 6.08 Å². The van der Waals surface area contributed by atoms with Crippen molar-refractivity contribution in [3.8, 4) is 0 Å². The second-order valence-corrected chi connectivity index (χ2v) is 14.0. The Morgan fingerprint density at radius 2 is 0.896 bits per heavy atom. The maximum Gasteiger partial charge on any atom is 0.220 e. The molecule has 0 aliphatic carbocycles. The zero-order chi connectivity index (χ0) is 35.0. The van der Waals surface area contributed by atoms with E-state index in [-0.39, 0.29) is 12.5 Å². The summed E-state index contributed by atoms with van der Waals surface area (Å²) < 4.78 is 0. The van der Waals surface area contributed by atoms with Crippen LogP contribution in [-0.2, 0) is 4.79 Å². The molecule has 0 spiro atoms. The number of hydrogen-bond acceptors (Lipinski definition) is 3. The van der Waals surface area contributed by atoms with Gasteiger partial charge in [0.2, 0.25) is 5.91 Å². The molecule has 0 saturated heterocycles. The first-order valence-corrected chi connectivity index (χ1v) is 20.9. The lowest BCUT2D eigenvalue weighted by molar-refractivity contribution is -0.123. The predicted octanol–water partition coefficient (Wildman–Crippen LogP) is 12.8. The minimum atomic E-state index is -0.868. The molecule has 0 aromatic heterocycles. The van der Waals surface area contributed by atoms with Crippen LogP contribution in [0.2, 0.25) is 0 Å². The van der Waals surface area contributed by atoms with Crippen LogP contribution in [0.1, 0.15) is 206 Å². The van der Waals surface area contributed by atoms with Crippen LogP contribution in [0.3, 0.4) is 0 Å². The lowest BCUT2D eigenvalue weighted by atomic mass is 10.0. The number of aliphatic hydroxyl groups is 2. The van der Waals surface area contributed by atoms with Gasteiger partial charge in [-0.05, 0) is 57.8 Å². The molecule has 3 N–H and O–H groups in total. The average Bonchev–Trinajstić information content (AvgIpc) is 3.09. The van der Waals surface area contributed by atoms with Crippen LogP contribution in [-0.4, -0.2) is 34.9 Å². The summed E-state index contributed by atoms with van der Waals surface area (Å²) in [5.74, 6) is -0.0894. The molecule has 0 fully saturated rings. The van der Waals surface area contributed by atoms with Crippen molar-refractivity contribution in [3.05, 3.63) is 48.6 Å². The largest absolute Gasteiger partial charge is 0.394 e. The summed E-state index contributed by atoms with van der Waals surface area (Å²) in [7, 11) is 0. The van der Waals surface area contributed by atoms with Crippen molar-refractivity contribution >= 4 is 5.91 Å². The number of nitrogens with one attached hydrogen (secondary N) is 1. The lowest BCUT2D eigenvalue weighted by Gasteiger charge is -2.19. The van der Waals surface area contributed by atoms with E-state index in [0.29, 0.717) is 6.42 Å². The van der Waals surface area contributed by atoms with Crippen molar-refractivity contribution < 1.29 is 15.0 Å². The normalized spacial score (nSPS) is 13.5. The highest BCUT2D eigenvalue weighted by atomic mass is 16.3. The molecule has 0 bridgehead atoms. The van der Waals surface area contributed by atoms with E-state index in [1.165, 1.54) is 135 Å². The number of carbonyl (C=O) groups is 1. The van der Waals surface area contributed by atoms with Crippen molar-refractivity contribution in [2.45, 2.75) is 219 Å². The summed E-state index contributed by atoms with van der Waals surface area (Å²) in [6.07, 6.45) is 53.6. The Morgan fingerprint density at radius 1 is 0.500 bits per heavy atom. The summed E-state index contributed by atoms with van der Waals surface area (Å²) in [5.41, 5.74) is 0. The highest BCUT2D eigenvalue weighted by Crippen LogP contribution is 2.14. The number of rotatable bonds is 37. The maximum absolute atomic E-state index is 12.3. The zero-order valence-electron chi connectivity index (χ0n) is 32.0. The molecule has 48 heavy (non-hydrogen) atoms. The summed E-state index contributed by atoms with van der Waals surface area (Å²) in [4.78, 5) is 12.3. The predicted molar refractivity (Wildman–Crippen MR) is 211 cm³/mol. The van der Waals surface area contributed by atoms with Gasteiger partial charge in [0.1, 0.15) is 0 Å². The van der Waals surface area contributed by atoms with Gasteiger partial charge in [0.15, 0.2) is 0 Å². The van der Waals surface area contributed by atoms with Crippen molar-refractivity contribution in [2.24, 2.45) is 0 Å². The Labute approximate surface area is 299 Å². The van der Waals surface area contributed by atoms with Crippen LogP contribution in [0.4, 0.5) is 0 Å². The molecule has 1 amide bonds. The van der Waals surface area contributed by atoms with Gasteiger partial charge in [-0.2, -0.15) is 0 Å². The van der Waals surface area contributed by atoms with Gasteiger partial charge >= 0.3 is 0 Å². The Hall–Kier alpha value is -1.65. The van der Waals surface area contributed by atoms with Gasteiger partial charge < -0.3 is 15.5 Å². The van der Waals surface area contributed by atoms with Gasteiger partial charge in [-0.3, -0.25) is 4.79 Å². The Bertz CT molecular complexity index is 771. The number of hydrogen-bond donors (Lipinski definition) is 3. The van der Waals surface area contributed by atoms with Crippen molar-refractivity contribution in [3.63, 3.8) is 0 Å². The minimum Gasteiger partial charge on any atom is -0.394 e. The van der Waals surface area contributed by atoms with Gasteiger partial charge in [0.25, 0.3) is 0 Å². The second-order valence-electron chi connectivity index (χ2n) is 14.0. The molecule has 2 atom stereocenters. The first-order valence-electron chi connectivity index (χ1n) is 20.9. The Balaban J connectivity index is 3.64. The van der Waals surface area contributed by atoms with Crippen molar-refractivity contribution in [1.82, 2.24) is 5.32 Å². The van der Waals surface area contributed by atoms with Gasteiger partial charge in [0, 0.05) is 6.42 Å². The zero-order valence-corrected chi connectivity index (χ0v) is 32.0. The molecule has 0 aromatic carbocycles. The summed E-state index contributed by atoms with van der Waals surface area (Å²) >= 11 is 0. The molecule has 0 rings (SSSR count). The monoisotopic (exact) mass is 672 g/mol. The van der Waals surface area contributed by atoms with E-state index in [4.69, 9.17) is 0 Å². The number of carbonyl (C=O) groups excluding carboxylic acids is 1. The molecule has 0 aliphatic heterocycles. The molecular formula is C44H81NO3. The van der Waals surface area contributed by atoms with E-state index >= 15 is 0 Å². The third-order valence-corrected chi connectivity index (χ3v) is 9.28. The van der Waals surface area contributed by atoms with Crippen LogP contribution >= 0.6 is 0 Å². The third kappa shape index (κ3) is 35.7. The van der Waals surface area contributed by atoms with Crippen LogP contribution in [0.5, 0.6) is 0 Å². The average molecular weight is 672 g/mol. The molecular weight excluding hydrogens is 590 g/mol. The summed E-state index contributed by atoms with van der Waals surface area (Å²) in [6, 6.07) is -0.646. The topological polar surface area (TPSA) is 69.6 Å². The Morgan fingerprint density at radius 3 is 1.40 bits per heavy atom. The molecule has 4 heteroatoms. The maximum atomic E-state index is 12.3. The molecule has 280 valence electrons. The standard InChI is InChI=1S/C44H81NO3/c1-3-5-7-9-11-13-15-17-19-20-21-22-23-24-25-26-27-29-31-33-35-37-39-43(47)42(41-46)45-44(48)40-38-36-34-32-30-28-18-16-14-12-10-8-6-4-2/h10,12,16,18,29,31,37,39,42-43,46-47H,3-9,11,13-15,17,19-28,30,32-36,38,40-41H2,1-2H3,(H,45,48)/b12-10-,18-16-,31-29+,39-37+. The van der Waals surface area contributed by atoms with E-state index < -0.39 is 12.1 Å².